The van der Waals surface area contributed by atoms with Crippen LogP contribution in [-0.2, 0) is 19.1 Å². The maximum absolute atomic E-state index is 12.2. The first-order valence-electron chi connectivity index (χ1n) is 7.63. The van der Waals surface area contributed by atoms with Crippen molar-refractivity contribution in [3.8, 4) is 5.75 Å². The van der Waals surface area contributed by atoms with Gasteiger partial charge in [0.1, 0.15) is 32.1 Å². The summed E-state index contributed by atoms with van der Waals surface area (Å²) in [7, 11) is 0. The number of nitrogens with one attached hydrogen (secondary N) is 1. The molecular weight excluding hydrogens is 302 g/mol. The molecule has 1 aromatic rings. The van der Waals surface area contributed by atoms with Crippen molar-refractivity contribution in [2.24, 2.45) is 0 Å². The highest BCUT2D eigenvalue weighted by Gasteiger charge is 2.32. The van der Waals surface area contributed by atoms with Crippen molar-refractivity contribution in [1.29, 1.82) is 0 Å². The predicted molar refractivity (Wildman–Crippen MR) is 77.8 cm³/mol. The minimum atomic E-state index is -1.26. The Hall–Kier alpha value is -2.12. The molecule has 0 amide bonds. The Morgan fingerprint density at radius 2 is 1.87 bits per heavy atom. The first-order valence-corrected chi connectivity index (χ1v) is 7.63. The highest BCUT2D eigenvalue weighted by atomic mass is 16.6. The van der Waals surface area contributed by atoms with Crippen molar-refractivity contribution >= 4 is 11.9 Å². The maximum atomic E-state index is 12.2. The van der Waals surface area contributed by atoms with Gasteiger partial charge in [-0.3, -0.25) is 0 Å². The number of carboxylic acid groups (broad SMARTS) is 1. The highest BCUT2D eigenvalue weighted by Crippen LogP contribution is 2.07. The summed E-state index contributed by atoms with van der Waals surface area (Å²) in [5.41, 5.74) is 0. The Morgan fingerprint density at radius 1 is 1.17 bits per heavy atom. The van der Waals surface area contributed by atoms with Gasteiger partial charge in [0.25, 0.3) is 0 Å². The number of benzene rings is 1. The predicted octanol–water partition coefficient (Wildman–Crippen LogP) is -1.97. The van der Waals surface area contributed by atoms with Crippen molar-refractivity contribution in [1.82, 2.24) is 0 Å². The van der Waals surface area contributed by atoms with E-state index in [-0.39, 0.29) is 19.6 Å². The molecular formula is C16H21NO6. The normalized spacial score (nSPS) is 16.5. The molecule has 0 aliphatic carbocycles. The van der Waals surface area contributed by atoms with Crippen LogP contribution in [0.3, 0.4) is 0 Å². The van der Waals surface area contributed by atoms with E-state index >= 15 is 0 Å². The van der Waals surface area contributed by atoms with Gasteiger partial charge in [-0.1, -0.05) is 18.2 Å². The lowest BCUT2D eigenvalue weighted by Gasteiger charge is -2.30. The molecule has 0 unspecified atom stereocenters. The van der Waals surface area contributed by atoms with Crippen LogP contribution >= 0.6 is 0 Å². The number of carbonyl (C=O) groups excluding carboxylic acids is 2. The smallest absolute Gasteiger partial charge is 0.365 e. The van der Waals surface area contributed by atoms with Gasteiger partial charge in [0.05, 0.1) is 19.6 Å². The van der Waals surface area contributed by atoms with E-state index in [1.165, 1.54) is 0 Å². The van der Waals surface area contributed by atoms with Crippen LogP contribution in [0.25, 0.3) is 0 Å². The van der Waals surface area contributed by atoms with E-state index in [4.69, 9.17) is 14.2 Å². The van der Waals surface area contributed by atoms with Gasteiger partial charge in [-0.2, -0.15) is 0 Å². The molecule has 1 saturated heterocycles. The summed E-state index contributed by atoms with van der Waals surface area (Å²) in [6, 6.07) is 8.42. The zero-order chi connectivity index (χ0) is 16.5. The van der Waals surface area contributed by atoms with Crippen LogP contribution in [0, 0.1) is 0 Å². The number of hydrogen-bond acceptors (Lipinski definition) is 6. The fourth-order valence-corrected chi connectivity index (χ4v) is 2.46. The maximum Gasteiger partial charge on any atom is 0.365 e. The molecule has 0 radical (unpaired) electrons. The first kappa shape index (κ1) is 17.2. The van der Waals surface area contributed by atoms with Crippen molar-refractivity contribution in [3.05, 3.63) is 30.3 Å². The fraction of sp³-hybridized carbons (Fsp3) is 0.500. The third-order valence-corrected chi connectivity index (χ3v) is 3.62. The van der Waals surface area contributed by atoms with E-state index in [0.717, 1.165) is 4.90 Å². The van der Waals surface area contributed by atoms with Gasteiger partial charge in [-0.25, -0.2) is 4.79 Å². The molecule has 7 nitrogen and oxygen atoms in total. The molecule has 1 N–H and O–H groups in total. The Kier molecular flexibility index (Phi) is 6.83. The lowest BCUT2D eigenvalue weighted by Crippen LogP contribution is -3.18. The summed E-state index contributed by atoms with van der Waals surface area (Å²) in [5.74, 6) is -1.11. The van der Waals surface area contributed by atoms with Crippen molar-refractivity contribution < 1.29 is 33.8 Å². The molecule has 0 bridgehead atoms. The van der Waals surface area contributed by atoms with Crippen molar-refractivity contribution in [3.63, 3.8) is 0 Å². The number of ether oxygens (including phenoxy) is 3. The molecule has 0 aromatic heterocycles. The summed E-state index contributed by atoms with van der Waals surface area (Å²) < 4.78 is 15.8. The second-order valence-corrected chi connectivity index (χ2v) is 5.23. The van der Waals surface area contributed by atoms with Crippen molar-refractivity contribution in [2.75, 3.05) is 39.5 Å². The SMILES string of the molecule is O=C([O-])C[C@@H](C(=O)OCCOc1ccccc1)[NH+]1CCOCC1. The van der Waals surface area contributed by atoms with Crippen LogP contribution < -0.4 is 14.7 Å². The minimum absolute atomic E-state index is 0.0705. The molecule has 1 aliphatic rings. The monoisotopic (exact) mass is 323 g/mol. The number of hydrogen-bond donors (Lipinski definition) is 1. The number of morpholine rings is 1. The third-order valence-electron chi connectivity index (χ3n) is 3.62. The lowest BCUT2D eigenvalue weighted by molar-refractivity contribution is -0.924. The molecule has 1 aromatic carbocycles. The summed E-state index contributed by atoms with van der Waals surface area (Å²) >= 11 is 0. The van der Waals surface area contributed by atoms with Gasteiger partial charge in [0, 0.05) is 5.97 Å². The molecule has 0 spiro atoms. The topological polar surface area (TPSA) is 89.3 Å². The third kappa shape index (κ3) is 5.88. The van der Waals surface area contributed by atoms with Crippen LogP contribution in [-0.4, -0.2) is 57.5 Å². The van der Waals surface area contributed by atoms with Gasteiger partial charge in [-0.15, -0.1) is 0 Å². The van der Waals surface area contributed by atoms with E-state index in [9.17, 15) is 14.7 Å². The van der Waals surface area contributed by atoms with Gasteiger partial charge in [0.2, 0.25) is 0 Å². The Labute approximate surface area is 134 Å². The molecule has 7 heteroatoms. The van der Waals surface area contributed by atoms with Crippen LogP contribution in [0.15, 0.2) is 30.3 Å². The molecule has 126 valence electrons. The number of para-hydroxylation sites is 1. The molecule has 0 saturated carbocycles. The number of rotatable bonds is 8. The summed E-state index contributed by atoms with van der Waals surface area (Å²) in [6.45, 7) is 2.45. The van der Waals surface area contributed by atoms with E-state index in [1.54, 1.807) is 12.1 Å². The summed E-state index contributed by atoms with van der Waals surface area (Å²) in [6.07, 6.45) is -0.353. The number of quaternary nitrogens is 1. The Morgan fingerprint density at radius 3 is 2.52 bits per heavy atom. The molecule has 2 rings (SSSR count). The van der Waals surface area contributed by atoms with Crippen LogP contribution in [0.2, 0.25) is 0 Å². The molecule has 1 atom stereocenters. The highest BCUT2D eigenvalue weighted by molar-refractivity contribution is 5.79. The van der Waals surface area contributed by atoms with Crippen molar-refractivity contribution in [2.45, 2.75) is 12.5 Å². The largest absolute Gasteiger partial charge is 0.550 e. The minimum Gasteiger partial charge on any atom is -0.550 e. The average molecular weight is 323 g/mol. The lowest BCUT2D eigenvalue weighted by atomic mass is 10.1. The summed E-state index contributed by atoms with van der Waals surface area (Å²) in [5, 5.41) is 10.9. The van der Waals surface area contributed by atoms with E-state index in [0.29, 0.717) is 32.1 Å². The fourth-order valence-electron chi connectivity index (χ4n) is 2.46. The molecule has 23 heavy (non-hydrogen) atoms. The second-order valence-electron chi connectivity index (χ2n) is 5.23. The molecule has 1 fully saturated rings. The van der Waals surface area contributed by atoms with Gasteiger partial charge >= 0.3 is 5.97 Å². The van der Waals surface area contributed by atoms with Gasteiger partial charge < -0.3 is 29.0 Å². The van der Waals surface area contributed by atoms with Crippen LogP contribution in [0.4, 0.5) is 0 Å². The van der Waals surface area contributed by atoms with Gasteiger partial charge in [0.15, 0.2) is 6.04 Å². The number of carbonyl (C=O) groups is 2. The Bertz CT molecular complexity index is 501. The second kappa shape index (κ2) is 9.12. The zero-order valence-electron chi connectivity index (χ0n) is 12.9. The standard InChI is InChI=1S/C16H21NO6/c18-15(19)12-14(17-6-8-21-9-7-17)16(20)23-11-10-22-13-4-2-1-3-5-13/h1-5,14H,6-12H2,(H,18,19)/t14-/m0/s1. The van der Waals surface area contributed by atoms with E-state index < -0.39 is 18.0 Å². The molecule has 1 aliphatic heterocycles. The van der Waals surface area contributed by atoms with Gasteiger partial charge in [-0.05, 0) is 12.1 Å². The number of aliphatic carboxylic acids is 1. The van der Waals surface area contributed by atoms with Crippen LogP contribution in [0.1, 0.15) is 6.42 Å². The zero-order valence-corrected chi connectivity index (χ0v) is 12.9. The quantitative estimate of drug-likeness (QED) is 0.441. The number of esters is 1. The molecule has 1 heterocycles. The summed E-state index contributed by atoms with van der Waals surface area (Å²) in [4.78, 5) is 23.9. The Balaban J connectivity index is 1.78. The number of carboxylic acids is 1. The van der Waals surface area contributed by atoms with E-state index in [1.807, 2.05) is 18.2 Å². The average Bonchev–Trinajstić information content (AvgIpc) is 2.58. The van der Waals surface area contributed by atoms with E-state index in [2.05, 4.69) is 0 Å². The van der Waals surface area contributed by atoms with Crippen LogP contribution in [0.5, 0.6) is 5.75 Å². The first-order chi connectivity index (χ1) is 11.2.